The number of likely N-dealkylation sites (tertiary alicyclic amines) is 1. The molecule has 0 unspecified atom stereocenters. The van der Waals surface area contributed by atoms with Crippen molar-refractivity contribution in [1.82, 2.24) is 9.80 Å². The van der Waals surface area contributed by atoms with E-state index >= 15 is 0 Å². The van der Waals surface area contributed by atoms with Gasteiger partial charge in [-0.25, -0.2) is 0 Å². The van der Waals surface area contributed by atoms with Crippen molar-refractivity contribution in [3.05, 3.63) is 23.8 Å². The molecule has 0 spiro atoms. The molecule has 3 saturated heterocycles. The van der Waals surface area contributed by atoms with Gasteiger partial charge in [-0.2, -0.15) is 0 Å². The molecule has 19 atom stereocenters. The van der Waals surface area contributed by atoms with Gasteiger partial charge in [0.1, 0.15) is 30.5 Å². The SMILES string of the molecule is CC[C@@H]1OC(=O)C[C@H](O)[C@H](C)[C@H](O[C@@H]2O[C@H](C)[C@H](O)[C@H](N(C)C)[C@@H]2O)[C@H](CCN2C[C@H](C)C[C@H](C)C2)C[C@H](C)C(=O)/C=C/C(C)=C\[C@@H]1CO[C@@H]1O[C@H](C)[C@H](O)[C@H](OC)[C@H]1OC. The first-order chi connectivity index (χ1) is 28.8. The lowest BCUT2D eigenvalue weighted by molar-refractivity contribution is -0.304. The third-order valence-electron chi connectivity index (χ3n) is 13.5. The maximum Gasteiger partial charge on any atom is 0.308 e. The fourth-order valence-electron chi connectivity index (χ4n) is 10.0. The number of esters is 1. The van der Waals surface area contributed by atoms with Crippen LogP contribution in [0.5, 0.6) is 0 Å². The Balaban J connectivity index is 1.68. The average Bonchev–Trinajstić information content (AvgIpc) is 3.19. The van der Waals surface area contributed by atoms with Crippen LogP contribution in [-0.4, -0.2) is 176 Å². The van der Waals surface area contributed by atoms with Gasteiger partial charge in [-0.3, -0.25) is 9.59 Å². The highest BCUT2D eigenvalue weighted by Gasteiger charge is 2.48. The summed E-state index contributed by atoms with van der Waals surface area (Å²) in [4.78, 5) is 32.1. The van der Waals surface area contributed by atoms with Gasteiger partial charge in [0.25, 0.3) is 0 Å². The molecule has 4 aliphatic heterocycles. The van der Waals surface area contributed by atoms with Gasteiger partial charge in [0, 0.05) is 45.1 Å². The Morgan fingerprint density at radius 2 is 1.44 bits per heavy atom. The first kappa shape index (κ1) is 51.8. The quantitative estimate of drug-likeness (QED) is 0.209. The molecule has 4 aliphatic rings. The number of carbonyl (C=O) groups excluding carboxylic acids is 2. The predicted molar refractivity (Wildman–Crippen MR) is 229 cm³/mol. The normalized spacial score (nSPS) is 44.3. The second kappa shape index (κ2) is 23.9. The largest absolute Gasteiger partial charge is 0.462 e. The lowest BCUT2D eigenvalue weighted by atomic mass is 9.79. The third-order valence-corrected chi connectivity index (χ3v) is 13.5. The van der Waals surface area contributed by atoms with Gasteiger partial charge in [0.15, 0.2) is 18.4 Å². The number of ketones is 1. The molecule has 0 aliphatic carbocycles. The van der Waals surface area contributed by atoms with Crippen molar-refractivity contribution in [3.63, 3.8) is 0 Å². The fourth-order valence-corrected chi connectivity index (χ4v) is 10.0. The van der Waals surface area contributed by atoms with Gasteiger partial charge in [0.2, 0.25) is 0 Å². The zero-order valence-corrected chi connectivity index (χ0v) is 38.9. The Bertz CT molecular complexity index is 1420. The van der Waals surface area contributed by atoms with E-state index in [-0.39, 0.29) is 24.7 Å². The molecule has 352 valence electrons. The summed E-state index contributed by atoms with van der Waals surface area (Å²) in [6, 6.07) is -0.684. The van der Waals surface area contributed by atoms with Crippen LogP contribution in [0.4, 0.5) is 0 Å². The molecule has 0 saturated carbocycles. The monoisotopic (exact) mass is 869 g/mol. The summed E-state index contributed by atoms with van der Waals surface area (Å²) >= 11 is 0. The van der Waals surface area contributed by atoms with Crippen molar-refractivity contribution in [2.24, 2.45) is 35.5 Å². The Hall–Kier alpha value is -1.86. The lowest BCUT2D eigenvalue weighted by Gasteiger charge is -2.47. The van der Waals surface area contributed by atoms with Gasteiger partial charge >= 0.3 is 5.97 Å². The minimum absolute atomic E-state index is 0.0427. The molecule has 0 aromatic rings. The number of nitrogens with zero attached hydrogens (tertiary/aromatic N) is 2. The number of hydrogen-bond acceptors (Lipinski definition) is 15. The van der Waals surface area contributed by atoms with Crippen LogP contribution in [0, 0.1) is 35.5 Å². The zero-order chi connectivity index (χ0) is 45.3. The second-order valence-corrected chi connectivity index (χ2v) is 18.9. The first-order valence-electron chi connectivity index (χ1n) is 22.6. The molecular formula is C46H80N2O13. The summed E-state index contributed by atoms with van der Waals surface area (Å²) < 4.78 is 42.6. The van der Waals surface area contributed by atoms with Crippen molar-refractivity contribution in [1.29, 1.82) is 0 Å². The van der Waals surface area contributed by atoms with Crippen molar-refractivity contribution >= 4 is 11.8 Å². The number of likely N-dealkylation sites (N-methyl/N-ethyl adjacent to an activating group) is 1. The number of hydrogen-bond donors (Lipinski definition) is 4. The minimum atomic E-state index is -1.23. The van der Waals surface area contributed by atoms with Crippen LogP contribution >= 0.6 is 0 Å². The summed E-state index contributed by atoms with van der Waals surface area (Å²) in [6.07, 6.45) is -2.96. The van der Waals surface area contributed by atoms with Crippen LogP contribution in [0.25, 0.3) is 0 Å². The summed E-state index contributed by atoms with van der Waals surface area (Å²) in [5, 5.41) is 45.3. The Kier molecular flexibility index (Phi) is 20.3. The van der Waals surface area contributed by atoms with E-state index < -0.39 is 103 Å². The Morgan fingerprint density at radius 3 is 2.05 bits per heavy atom. The van der Waals surface area contributed by atoms with Crippen LogP contribution < -0.4 is 0 Å². The lowest BCUT2D eigenvalue weighted by Crippen LogP contribution is -2.63. The van der Waals surface area contributed by atoms with E-state index in [0.717, 1.165) is 25.2 Å². The molecule has 3 fully saturated rings. The van der Waals surface area contributed by atoms with Crippen LogP contribution in [0.3, 0.4) is 0 Å². The minimum Gasteiger partial charge on any atom is -0.462 e. The van der Waals surface area contributed by atoms with Gasteiger partial charge in [-0.05, 0) is 90.9 Å². The molecule has 0 radical (unpaired) electrons. The number of methoxy groups -OCH3 is 2. The Morgan fingerprint density at radius 1 is 0.820 bits per heavy atom. The van der Waals surface area contributed by atoms with Gasteiger partial charge < -0.3 is 63.4 Å². The highest BCUT2D eigenvalue weighted by Crippen LogP contribution is 2.36. The molecule has 15 heteroatoms. The molecule has 0 amide bonds. The van der Waals surface area contributed by atoms with Gasteiger partial charge in [-0.1, -0.05) is 52.3 Å². The molecule has 0 bridgehead atoms. The Labute approximate surface area is 365 Å². The number of allylic oxidation sites excluding steroid dienone is 3. The third kappa shape index (κ3) is 13.8. The fraction of sp³-hybridized carbons (Fsp3) is 0.870. The molecule has 61 heavy (non-hydrogen) atoms. The first-order valence-corrected chi connectivity index (χ1v) is 22.6. The molecule has 0 aromatic carbocycles. The van der Waals surface area contributed by atoms with E-state index in [0.29, 0.717) is 31.1 Å². The van der Waals surface area contributed by atoms with E-state index in [1.807, 2.05) is 33.8 Å². The summed E-state index contributed by atoms with van der Waals surface area (Å²) in [7, 11) is 6.54. The molecule has 4 N–H and O–H groups in total. The van der Waals surface area contributed by atoms with Crippen molar-refractivity contribution < 1.29 is 63.2 Å². The number of aliphatic hydroxyl groups excluding tert-OH is 4. The zero-order valence-electron chi connectivity index (χ0n) is 38.9. The molecule has 0 aromatic heterocycles. The number of aliphatic hydroxyl groups is 4. The highest BCUT2D eigenvalue weighted by molar-refractivity contribution is 5.91. The van der Waals surface area contributed by atoms with Crippen molar-refractivity contribution in [3.8, 4) is 0 Å². The molecular weight excluding hydrogens is 789 g/mol. The predicted octanol–water partition coefficient (Wildman–Crippen LogP) is 3.34. The van der Waals surface area contributed by atoms with E-state index in [1.54, 1.807) is 45.0 Å². The molecule has 4 rings (SSSR count). The number of rotatable bonds is 12. The summed E-state index contributed by atoms with van der Waals surface area (Å²) in [6.45, 7) is 18.2. The van der Waals surface area contributed by atoms with Crippen LogP contribution in [-0.2, 0) is 42.7 Å². The van der Waals surface area contributed by atoms with E-state index in [1.165, 1.54) is 20.6 Å². The molecule has 4 heterocycles. The smallest absolute Gasteiger partial charge is 0.308 e. The van der Waals surface area contributed by atoms with Gasteiger partial charge in [0.05, 0.1) is 49.6 Å². The van der Waals surface area contributed by atoms with Crippen molar-refractivity contribution in [2.45, 2.75) is 167 Å². The number of piperidine rings is 1. The molecule has 15 nitrogen and oxygen atoms in total. The maximum atomic E-state index is 14.0. The number of carbonyl (C=O) groups is 2. The van der Waals surface area contributed by atoms with Crippen LogP contribution in [0.15, 0.2) is 23.8 Å². The standard InChI is InChI=1S/C46H80N2O13/c1-13-36-33(24-57-46-44(56-12)43(55-11)40(53)31(8)59-46)19-25(2)14-15-34(49)28(5)20-32(16-17-48-22-26(3)18-27(4)23-48)42(29(6)35(50)21-37(51)60-36)61-45-41(54)38(47(9)10)39(52)30(7)58-45/h14-15,19,26-33,35-36,38-46,50,52-54H,13,16-18,20-24H2,1-12H3/b15-14+,25-19-/t26-,27+,28-,29-,30+,31+,32+,33+,35-,36-,38-,39-,40-,41-,42-,43-,44+,45-,46+/m0/s1. The second-order valence-electron chi connectivity index (χ2n) is 18.9. The van der Waals surface area contributed by atoms with Crippen LogP contribution in [0.1, 0.15) is 87.5 Å². The number of cyclic esters (lactones) is 1. The van der Waals surface area contributed by atoms with Crippen molar-refractivity contribution in [2.75, 3.05) is 54.6 Å². The average molecular weight is 869 g/mol. The highest BCUT2D eigenvalue weighted by atomic mass is 16.7. The van der Waals surface area contributed by atoms with Gasteiger partial charge in [-0.15, -0.1) is 0 Å². The topological polar surface area (TPSA) is 186 Å². The summed E-state index contributed by atoms with van der Waals surface area (Å²) in [5.41, 5.74) is 0.761. The maximum absolute atomic E-state index is 14.0. The summed E-state index contributed by atoms with van der Waals surface area (Å²) in [5.74, 6) is -1.46. The number of ether oxygens (including phenoxy) is 7. The van der Waals surface area contributed by atoms with E-state index in [4.69, 9.17) is 33.2 Å². The van der Waals surface area contributed by atoms with E-state index in [9.17, 15) is 30.0 Å². The van der Waals surface area contributed by atoms with Crippen LogP contribution in [0.2, 0.25) is 0 Å². The van der Waals surface area contributed by atoms with E-state index in [2.05, 4.69) is 18.7 Å².